The Morgan fingerprint density at radius 1 is 0.985 bits per heavy atom. The van der Waals surface area contributed by atoms with Crippen LogP contribution < -0.4 is 35.6 Å². The highest BCUT2D eigenvalue weighted by molar-refractivity contribution is 6.34. The number of imide groups is 1. The number of piperidine rings is 2. The molecule has 4 N–H and O–H groups in total. The number of aromatic nitrogens is 2. The lowest BCUT2D eigenvalue weighted by molar-refractivity contribution is -0.133. The third-order valence-electron chi connectivity index (χ3n) is 13.8. The van der Waals surface area contributed by atoms with Gasteiger partial charge in [0.2, 0.25) is 17.7 Å². The standard InChI is InChI=1S/C48H51ClF2N8O6/c1-27-39-36(25-33(50)42(49)41(39)40-31(45(52)62)12-13-35(64-3)43(40)51)65-48(27,29-8-5-4-6-9-29)26-53-30-16-21-58(22-17-30)38(61)24-28-14-19-57(20-15-28)34-11-7-10-32-44(34)56(2)55-46(32)59-23-18-37(60)54-47(59)63/h4-13,25,27-28,30,53H,14-24,26H2,1-3H3,(H2,52,62)(H,54,60,63)/t27-,48-/m0/s1. The first-order valence-electron chi connectivity index (χ1n) is 22.1. The molecule has 0 unspecified atom stereocenters. The lowest BCUT2D eigenvalue weighted by atomic mass is 9.77. The Hall–Kier alpha value is -6.26. The lowest BCUT2D eigenvalue weighted by Gasteiger charge is -2.38. The van der Waals surface area contributed by atoms with E-state index in [1.54, 1.807) is 4.68 Å². The number of methoxy groups -OCH3 is 1. The van der Waals surface area contributed by atoms with Crippen LogP contribution in [0.1, 0.15) is 72.9 Å². The van der Waals surface area contributed by atoms with Crippen LogP contribution in [0.25, 0.3) is 22.0 Å². The summed E-state index contributed by atoms with van der Waals surface area (Å²) in [6, 6.07) is 18.9. The summed E-state index contributed by atoms with van der Waals surface area (Å²) < 4.78 is 45.8. The van der Waals surface area contributed by atoms with Crippen LogP contribution >= 0.6 is 11.6 Å². The van der Waals surface area contributed by atoms with Crippen LogP contribution in [0, 0.1) is 17.6 Å². The lowest BCUT2D eigenvalue weighted by Crippen LogP contribution is -2.51. The van der Waals surface area contributed by atoms with Crippen LogP contribution in [0.4, 0.5) is 25.1 Å². The zero-order valence-corrected chi connectivity index (χ0v) is 37.2. The number of fused-ring (bicyclic) bond motifs is 2. The van der Waals surface area contributed by atoms with Crippen molar-refractivity contribution in [1.82, 2.24) is 25.3 Å². The molecule has 1 aromatic heterocycles. The number of carbonyl (C=O) groups excluding carboxylic acids is 4. The zero-order valence-electron chi connectivity index (χ0n) is 36.5. The van der Waals surface area contributed by atoms with Crippen molar-refractivity contribution in [2.45, 2.75) is 63.0 Å². The van der Waals surface area contributed by atoms with Crippen LogP contribution in [0.3, 0.4) is 0 Å². The van der Waals surface area contributed by atoms with Gasteiger partial charge in [-0.1, -0.05) is 54.9 Å². The minimum atomic E-state index is -1.09. The molecule has 4 aliphatic rings. The van der Waals surface area contributed by atoms with Crippen molar-refractivity contribution in [3.63, 3.8) is 0 Å². The van der Waals surface area contributed by atoms with E-state index in [-0.39, 0.29) is 70.0 Å². The van der Waals surface area contributed by atoms with Crippen molar-refractivity contribution in [3.05, 3.63) is 100 Å². The highest BCUT2D eigenvalue weighted by Gasteiger charge is 2.50. The summed E-state index contributed by atoms with van der Waals surface area (Å²) >= 11 is 6.68. The molecular weight excluding hydrogens is 858 g/mol. The van der Waals surface area contributed by atoms with E-state index in [0.717, 1.165) is 48.1 Å². The van der Waals surface area contributed by atoms with Crippen molar-refractivity contribution < 1.29 is 37.4 Å². The first-order valence-corrected chi connectivity index (χ1v) is 22.4. The summed E-state index contributed by atoms with van der Waals surface area (Å²) in [6.07, 6.45) is 3.83. The summed E-state index contributed by atoms with van der Waals surface area (Å²) in [5.41, 5.74) is 7.38. The highest BCUT2D eigenvalue weighted by Crippen LogP contribution is 2.56. The Kier molecular flexibility index (Phi) is 11.9. The van der Waals surface area contributed by atoms with Gasteiger partial charge in [-0.15, -0.1) is 0 Å². The quantitative estimate of drug-likeness (QED) is 0.127. The Morgan fingerprint density at radius 3 is 2.42 bits per heavy atom. The van der Waals surface area contributed by atoms with E-state index in [9.17, 15) is 19.2 Å². The molecule has 3 fully saturated rings. The number of nitrogens with one attached hydrogen (secondary N) is 2. The zero-order chi connectivity index (χ0) is 45.7. The Morgan fingerprint density at radius 2 is 1.72 bits per heavy atom. The molecule has 17 heteroatoms. The van der Waals surface area contributed by atoms with Crippen molar-refractivity contribution in [2.24, 2.45) is 18.7 Å². The summed E-state index contributed by atoms with van der Waals surface area (Å²) in [4.78, 5) is 56.6. The molecule has 65 heavy (non-hydrogen) atoms. The summed E-state index contributed by atoms with van der Waals surface area (Å²) in [6.45, 7) is 5.22. The number of carbonyl (C=O) groups is 4. The average Bonchev–Trinajstić information content (AvgIpc) is 3.79. The molecule has 5 heterocycles. The van der Waals surface area contributed by atoms with E-state index in [1.165, 1.54) is 30.2 Å². The molecule has 0 saturated carbocycles. The van der Waals surface area contributed by atoms with Crippen molar-refractivity contribution >= 4 is 57.8 Å². The van der Waals surface area contributed by atoms with Gasteiger partial charge in [0.05, 0.1) is 28.9 Å². The number of primary amides is 1. The second-order valence-corrected chi connectivity index (χ2v) is 17.8. The smallest absolute Gasteiger partial charge is 0.329 e. The molecule has 4 aromatic carbocycles. The topological polar surface area (TPSA) is 164 Å². The maximum absolute atomic E-state index is 16.2. The Balaban J connectivity index is 0.851. The average molecular weight is 909 g/mol. The number of aryl methyl sites for hydroxylation is 1. The molecule has 0 radical (unpaired) electrons. The maximum atomic E-state index is 16.2. The van der Waals surface area contributed by atoms with Crippen molar-refractivity contribution in [2.75, 3.05) is 56.2 Å². The number of ether oxygens (including phenoxy) is 2. The SMILES string of the molecule is COc1ccc(C(N)=O)c(-c2c(Cl)c(F)cc3c2[C@H](C)[C@@](CNC2CCN(C(=O)CC4CCN(c5cccc6c(N7CCC(=O)NC7=O)nn(C)c56)CC4)CC2)(c2ccccc2)O3)c1F. The van der Waals surface area contributed by atoms with Crippen LogP contribution in [0.2, 0.25) is 5.02 Å². The van der Waals surface area contributed by atoms with E-state index in [0.29, 0.717) is 50.3 Å². The fourth-order valence-corrected chi connectivity index (χ4v) is 10.5. The van der Waals surface area contributed by atoms with E-state index in [4.69, 9.17) is 26.8 Å². The highest BCUT2D eigenvalue weighted by atomic mass is 35.5. The van der Waals surface area contributed by atoms with Gasteiger partial charge in [0, 0.05) is 99.3 Å². The van der Waals surface area contributed by atoms with E-state index in [1.807, 2.05) is 61.3 Å². The van der Waals surface area contributed by atoms with Gasteiger partial charge in [-0.2, -0.15) is 5.10 Å². The number of halogens is 3. The fraction of sp³-hybridized carbons (Fsp3) is 0.396. The third kappa shape index (κ3) is 7.90. The first kappa shape index (κ1) is 44.0. The van der Waals surface area contributed by atoms with Gasteiger partial charge >= 0.3 is 6.03 Å². The third-order valence-corrected chi connectivity index (χ3v) is 14.2. The fourth-order valence-electron chi connectivity index (χ4n) is 10.3. The number of nitrogens with two attached hydrogens (primary N) is 1. The summed E-state index contributed by atoms with van der Waals surface area (Å²) in [5.74, 6) is -2.53. The molecule has 14 nitrogen and oxygen atoms in total. The van der Waals surface area contributed by atoms with Gasteiger partial charge in [0.15, 0.2) is 23.0 Å². The van der Waals surface area contributed by atoms with Gasteiger partial charge in [-0.25, -0.2) is 13.6 Å². The minimum absolute atomic E-state index is 0.0144. The first-order chi connectivity index (χ1) is 31.3. The number of nitrogens with zero attached hydrogens (tertiary/aromatic N) is 5. The number of para-hydroxylation sites is 1. The maximum Gasteiger partial charge on any atom is 0.329 e. The van der Waals surface area contributed by atoms with E-state index < -0.39 is 35.1 Å². The molecule has 5 aromatic rings. The molecule has 0 spiro atoms. The Labute approximate surface area is 379 Å². The summed E-state index contributed by atoms with van der Waals surface area (Å²) in [5, 5.41) is 11.3. The number of rotatable bonds is 11. The Bertz CT molecular complexity index is 2700. The van der Waals surface area contributed by atoms with Crippen LogP contribution in [0.15, 0.2) is 66.7 Å². The molecular formula is C48H51ClF2N8O6. The van der Waals surface area contributed by atoms with Crippen LogP contribution in [0.5, 0.6) is 11.5 Å². The number of amides is 5. The number of benzene rings is 4. The van der Waals surface area contributed by atoms with Crippen LogP contribution in [-0.4, -0.2) is 90.9 Å². The summed E-state index contributed by atoms with van der Waals surface area (Å²) in [7, 11) is 3.16. The van der Waals surface area contributed by atoms with Crippen molar-refractivity contribution in [3.8, 4) is 22.6 Å². The normalized spacial score (nSPS) is 20.5. The molecule has 4 aliphatic heterocycles. The minimum Gasteiger partial charge on any atom is -0.494 e. The van der Waals surface area contributed by atoms with Crippen molar-refractivity contribution in [1.29, 1.82) is 0 Å². The molecule has 0 bridgehead atoms. The predicted octanol–water partition coefficient (Wildman–Crippen LogP) is 7.00. The number of urea groups is 1. The monoisotopic (exact) mass is 908 g/mol. The van der Waals surface area contributed by atoms with Gasteiger partial charge < -0.3 is 30.3 Å². The van der Waals surface area contributed by atoms with Gasteiger partial charge in [-0.3, -0.25) is 29.3 Å². The molecule has 0 aliphatic carbocycles. The second kappa shape index (κ2) is 17.6. The van der Waals surface area contributed by atoms with E-state index in [2.05, 4.69) is 26.7 Å². The predicted molar refractivity (Wildman–Crippen MR) is 242 cm³/mol. The number of anilines is 2. The molecule has 3 saturated heterocycles. The van der Waals surface area contributed by atoms with Gasteiger partial charge in [0.25, 0.3) is 0 Å². The molecule has 5 amide bonds. The number of likely N-dealkylation sites (tertiary alicyclic amines) is 1. The molecule has 9 rings (SSSR count). The van der Waals surface area contributed by atoms with E-state index >= 15 is 8.78 Å². The van der Waals surface area contributed by atoms with Crippen LogP contribution in [-0.2, 0) is 22.2 Å². The number of hydrogen-bond acceptors (Lipinski definition) is 9. The number of hydrogen-bond donors (Lipinski definition) is 3. The van der Waals surface area contributed by atoms with Gasteiger partial charge in [-0.05, 0) is 61.4 Å². The largest absolute Gasteiger partial charge is 0.494 e. The van der Waals surface area contributed by atoms with Gasteiger partial charge in [0.1, 0.15) is 11.6 Å². The molecule has 2 atom stereocenters. The second-order valence-electron chi connectivity index (χ2n) is 17.5. The molecule has 340 valence electrons.